The summed E-state index contributed by atoms with van der Waals surface area (Å²) in [4.78, 5) is 14.3. The van der Waals surface area contributed by atoms with Crippen LogP contribution < -0.4 is 0 Å². The number of hydrogen-bond acceptors (Lipinski definition) is 5. The van der Waals surface area contributed by atoms with Crippen molar-refractivity contribution in [3.8, 4) is 0 Å². The Kier molecular flexibility index (Phi) is 5.00. The Bertz CT molecular complexity index is 400. The summed E-state index contributed by atoms with van der Waals surface area (Å²) in [5, 5.41) is 8.93. The maximum absolute atomic E-state index is 12.3. The third-order valence-electron chi connectivity index (χ3n) is 3.05. The first-order chi connectivity index (χ1) is 8.66. The quantitative estimate of drug-likeness (QED) is 0.801. The Morgan fingerprint density at radius 3 is 2.50 bits per heavy atom. The van der Waals surface area contributed by atoms with Crippen molar-refractivity contribution in [3.63, 3.8) is 0 Å². The molecular formula is C12H19N3OS2. The normalized spacial score (nSPS) is 18.4. The third-order valence-corrected chi connectivity index (χ3v) is 5.06. The van der Waals surface area contributed by atoms with E-state index >= 15 is 0 Å². The summed E-state index contributed by atoms with van der Waals surface area (Å²) in [6.07, 6.45) is 4.78. The van der Waals surface area contributed by atoms with Crippen LogP contribution in [-0.2, 0) is 4.79 Å². The number of amides is 1. The molecule has 1 fully saturated rings. The van der Waals surface area contributed by atoms with Gasteiger partial charge in [-0.15, -0.1) is 10.2 Å². The fraction of sp³-hybridized carbons (Fsp3) is 0.750. The van der Waals surface area contributed by atoms with E-state index in [1.54, 1.807) is 11.3 Å². The molecule has 2 heterocycles. The van der Waals surface area contributed by atoms with Gasteiger partial charge in [0.1, 0.15) is 5.01 Å². The maximum atomic E-state index is 12.3. The van der Waals surface area contributed by atoms with Crippen LogP contribution in [-0.4, -0.2) is 39.3 Å². The number of carbonyl (C=O) groups excluding carboxylic acids is 1. The van der Waals surface area contributed by atoms with E-state index in [0.717, 1.165) is 35.3 Å². The van der Waals surface area contributed by atoms with E-state index in [-0.39, 0.29) is 11.2 Å². The largest absolute Gasteiger partial charge is 0.342 e. The predicted molar refractivity (Wildman–Crippen MR) is 75.0 cm³/mol. The van der Waals surface area contributed by atoms with Crippen LogP contribution in [0.5, 0.6) is 0 Å². The summed E-state index contributed by atoms with van der Waals surface area (Å²) >= 11 is 3.08. The van der Waals surface area contributed by atoms with E-state index in [4.69, 9.17) is 0 Å². The number of rotatable bonds is 3. The molecule has 0 spiro atoms. The topological polar surface area (TPSA) is 46.1 Å². The molecule has 1 aromatic heterocycles. The van der Waals surface area contributed by atoms with Gasteiger partial charge in [-0.2, -0.15) is 0 Å². The molecule has 18 heavy (non-hydrogen) atoms. The van der Waals surface area contributed by atoms with E-state index in [9.17, 15) is 4.79 Å². The highest BCUT2D eigenvalue weighted by atomic mass is 32.2. The first-order valence-corrected chi connectivity index (χ1v) is 8.12. The second kappa shape index (κ2) is 6.52. The highest BCUT2D eigenvalue weighted by molar-refractivity contribution is 8.02. The zero-order chi connectivity index (χ0) is 13.0. The van der Waals surface area contributed by atoms with Crippen molar-refractivity contribution in [2.45, 2.75) is 49.1 Å². The Morgan fingerprint density at radius 2 is 1.94 bits per heavy atom. The minimum Gasteiger partial charge on any atom is -0.342 e. The Morgan fingerprint density at radius 1 is 1.28 bits per heavy atom. The number of thioether (sulfide) groups is 1. The molecule has 2 rings (SSSR count). The summed E-state index contributed by atoms with van der Waals surface area (Å²) in [6, 6.07) is 0. The molecule has 0 bridgehead atoms. The van der Waals surface area contributed by atoms with E-state index in [1.807, 2.05) is 18.7 Å². The fourth-order valence-corrected chi connectivity index (χ4v) is 4.12. The lowest BCUT2D eigenvalue weighted by Gasteiger charge is -2.23. The molecule has 1 aliphatic heterocycles. The molecule has 0 aliphatic carbocycles. The van der Waals surface area contributed by atoms with Gasteiger partial charge in [-0.1, -0.05) is 35.9 Å². The average molecular weight is 285 g/mol. The Labute approximate surface area is 116 Å². The molecule has 0 saturated carbocycles. The summed E-state index contributed by atoms with van der Waals surface area (Å²) in [6.45, 7) is 5.73. The molecule has 1 unspecified atom stereocenters. The van der Waals surface area contributed by atoms with Crippen LogP contribution in [0, 0.1) is 6.92 Å². The number of carbonyl (C=O) groups is 1. The third kappa shape index (κ3) is 3.68. The van der Waals surface area contributed by atoms with Crippen LogP contribution in [0.3, 0.4) is 0 Å². The van der Waals surface area contributed by atoms with Crippen molar-refractivity contribution in [2.24, 2.45) is 0 Å². The van der Waals surface area contributed by atoms with Gasteiger partial charge in [-0.25, -0.2) is 0 Å². The van der Waals surface area contributed by atoms with Crippen molar-refractivity contribution in [1.29, 1.82) is 0 Å². The first-order valence-electron chi connectivity index (χ1n) is 6.42. The summed E-state index contributed by atoms with van der Waals surface area (Å²) in [5.41, 5.74) is 0. The van der Waals surface area contributed by atoms with Crippen molar-refractivity contribution in [2.75, 3.05) is 13.1 Å². The van der Waals surface area contributed by atoms with E-state index < -0.39 is 0 Å². The van der Waals surface area contributed by atoms with Crippen LogP contribution in [0.1, 0.15) is 37.6 Å². The van der Waals surface area contributed by atoms with Crippen molar-refractivity contribution < 1.29 is 4.79 Å². The summed E-state index contributed by atoms with van der Waals surface area (Å²) < 4.78 is 0.892. The zero-order valence-corrected chi connectivity index (χ0v) is 12.5. The van der Waals surface area contributed by atoms with Crippen LogP contribution in [0.25, 0.3) is 0 Å². The number of nitrogens with zero attached hydrogens (tertiary/aromatic N) is 3. The molecule has 4 nitrogen and oxygen atoms in total. The smallest absolute Gasteiger partial charge is 0.235 e. The molecule has 100 valence electrons. The average Bonchev–Trinajstić information content (AvgIpc) is 2.62. The Balaban J connectivity index is 1.91. The molecule has 0 aromatic carbocycles. The number of likely N-dealkylation sites (tertiary alicyclic amines) is 1. The van der Waals surface area contributed by atoms with Crippen molar-refractivity contribution >= 4 is 29.0 Å². The van der Waals surface area contributed by atoms with E-state index in [0.29, 0.717) is 0 Å². The van der Waals surface area contributed by atoms with Gasteiger partial charge in [0, 0.05) is 13.1 Å². The van der Waals surface area contributed by atoms with Gasteiger partial charge in [0.25, 0.3) is 0 Å². The van der Waals surface area contributed by atoms with Crippen LogP contribution >= 0.6 is 23.1 Å². The number of hydrogen-bond donors (Lipinski definition) is 0. The minimum absolute atomic E-state index is 0.0598. The zero-order valence-electron chi connectivity index (χ0n) is 10.9. The lowest BCUT2D eigenvalue weighted by Crippen LogP contribution is -2.37. The van der Waals surface area contributed by atoms with Crippen molar-refractivity contribution in [1.82, 2.24) is 15.1 Å². The highest BCUT2D eigenvalue weighted by Crippen LogP contribution is 2.27. The maximum Gasteiger partial charge on any atom is 0.235 e. The predicted octanol–water partition coefficient (Wildman–Crippen LogP) is 2.73. The van der Waals surface area contributed by atoms with Gasteiger partial charge in [0.15, 0.2) is 4.34 Å². The van der Waals surface area contributed by atoms with Crippen LogP contribution in [0.15, 0.2) is 4.34 Å². The summed E-state index contributed by atoms with van der Waals surface area (Å²) in [5.74, 6) is 0.245. The highest BCUT2D eigenvalue weighted by Gasteiger charge is 2.23. The molecular weight excluding hydrogens is 266 g/mol. The first kappa shape index (κ1) is 13.8. The molecule has 1 atom stereocenters. The van der Waals surface area contributed by atoms with Gasteiger partial charge in [-0.3, -0.25) is 4.79 Å². The van der Waals surface area contributed by atoms with E-state index in [1.165, 1.54) is 24.6 Å². The number of aromatic nitrogens is 2. The molecule has 1 aromatic rings. The van der Waals surface area contributed by atoms with Gasteiger partial charge >= 0.3 is 0 Å². The molecule has 1 aliphatic rings. The van der Waals surface area contributed by atoms with E-state index in [2.05, 4.69) is 10.2 Å². The monoisotopic (exact) mass is 285 g/mol. The Hall–Kier alpha value is -0.620. The fourth-order valence-electron chi connectivity index (χ4n) is 2.08. The van der Waals surface area contributed by atoms with Crippen LogP contribution in [0.4, 0.5) is 0 Å². The van der Waals surface area contributed by atoms with Gasteiger partial charge in [0.2, 0.25) is 5.91 Å². The molecule has 0 N–H and O–H groups in total. The summed E-state index contributed by atoms with van der Waals surface area (Å²) in [7, 11) is 0. The molecule has 0 radical (unpaired) electrons. The van der Waals surface area contributed by atoms with Gasteiger partial charge in [0.05, 0.1) is 5.25 Å². The lowest BCUT2D eigenvalue weighted by molar-refractivity contribution is -0.130. The number of aryl methyl sites for hydroxylation is 1. The van der Waals surface area contributed by atoms with Crippen molar-refractivity contribution in [3.05, 3.63) is 5.01 Å². The van der Waals surface area contributed by atoms with Gasteiger partial charge < -0.3 is 4.90 Å². The minimum atomic E-state index is -0.0598. The molecule has 1 amide bonds. The SMILES string of the molecule is Cc1nnc(SC(C)C(=O)N2CCCCCC2)s1. The second-order valence-corrected chi connectivity index (χ2v) is 7.36. The van der Waals surface area contributed by atoms with Crippen LogP contribution in [0.2, 0.25) is 0 Å². The standard InChI is InChI=1S/C12H19N3OS2/c1-9(17-12-14-13-10(2)18-12)11(16)15-7-5-3-4-6-8-15/h9H,3-8H2,1-2H3. The second-order valence-electron chi connectivity index (χ2n) is 4.59. The molecule has 6 heteroatoms. The molecule has 1 saturated heterocycles. The lowest BCUT2D eigenvalue weighted by atomic mass is 10.2. The van der Waals surface area contributed by atoms with Gasteiger partial charge in [-0.05, 0) is 26.7 Å².